The molecule has 2 aromatic rings. The minimum atomic E-state index is -3.36. The maximum absolute atomic E-state index is 15.3. The van der Waals surface area contributed by atoms with E-state index in [1.807, 2.05) is 0 Å². The number of halogens is 2. The number of allylic oxidation sites excluding steroid dienone is 1. The highest BCUT2D eigenvalue weighted by Crippen LogP contribution is 2.57. The van der Waals surface area contributed by atoms with Crippen LogP contribution in [0.5, 0.6) is 5.75 Å². The lowest BCUT2D eigenvalue weighted by Gasteiger charge is -2.33. The standard InChI is InChI=1S/C18H15F2NO2/c1-2-12-17-18(19,20)21(13-8-4-3-5-9-13)16(23-17)14-10-6-7-11-15(14)22-17/h2-12,16H,1H3/b12-2+. The topological polar surface area (TPSA) is 21.7 Å². The molecule has 0 N–H and O–H groups in total. The van der Waals surface area contributed by atoms with E-state index in [-0.39, 0.29) is 0 Å². The number of alkyl halides is 2. The maximum atomic E-state index is 15.3. The number of nitrogens with zero attached hydrogens (tertiary/aromatic N) is 1. The predicted octanol–water partition coefficient (Wildman–Crippen LogP) is 4.48. The average molecular weight is 315 g/mol. The zero-order chi connectivity index (χ0) is 16.1. The van der Waals surface area contributed by atoms with Crippen molar-refractivity contribution in [3.05, 3.63) is 72.3 Å². The molecule has 3 nitrogen and oxygen atoms in total. The van der Waals surface area contributed by atoms with Gasteiger partial charge in [0.05, 0.1) is 0 Å². The Hall–Kier alpha value is -2.40. The van der Waals surface area contributed by atoms with E-state index in [4.69, 9.17) is 9.47 Å². The highest BCUT2D eigenvalue weighted by molar-refractivity contribution is 5.56. The van der Waals surface area contributed by atoms with Gasteiger partial charge in [0, 0.05) is 11.3 Å². The number of ether oxygens (including phenoxy) is 2. The third-order valence-electron chi connectivity index (χ3n) is 4.11. The number of fused-ring (bicyclic) bond motifs is 4. The van der Waals surface area contributed by atoms with Gasteiger partial charge >= 0.3 is 11.8 Å². The van der Waals surface area contributed by atoms with Gasteiger partial charge in [0.15, 0.2) is 6.23 Å². The summed E-state index contributed by atoms with van der Waals surface area (Å²) in [4.78, 5) is 0.985. The van der Waals surface area contributed by atoms with Crippen LogP contribution in [0.4, 0.5) is 14.5 Å². The summed E-state index contributed by atoms with van der Waals surface area (Å²) in [6, 6.07) is 12.2. The number of benzene rings is 2. The first kappa shape index (κ1) is 14.2. The molecule has 1 saturated heterocycles. The molecule has 0 radical (unpaired) electrons. The molecule has 0 aromatic heterocycles. The van der Waals surface area contributed by atoms with E-state index in [1.165, 1.54) is 12.2 Å². The molecule has 0 spiro atoms. The lowest BCUT2D eigenvalue weighted by molar-refractivity contribution is -0.239. The van der Waals surface area contributed by atoms with Gasteiger partial charge in [-0.3, -0.25) is 4.90 Å². The van der Waals surface area contributed by atoms with Crippen LogP contribution >= 0.6 is 0 Å². The van der Waals surface area contributed by atoms with Crippen LogP contribution in [0, 0.1) is 0 Å². The van der Waals surface area contributed by atoms with Gasteiger partial charge in [0.25, 0.3) is 0 Å². The first-order chi connectivity index (χ1) is 11.1. The third kappa shape index (κ3) is 1.83. The molecule has 2 atom stereocenters. The molecule has 2 aromatic carbocycles. The second kappa shape index (κ2) is 4.80. The van der Waals surface area contributed by atoms with Crippen molar-refractivity contribution in [2.45, 2.75) is 25.0 Å². The first-order valence-electron chi connectivity index (χ1n) is 7.41. The highest BCUT2D eigenvalue weighted by atomic mass is 19.3. The largest absolute Gasteiger partial charge is 0.450 e. The second-order valence-corrected chi connectivity index (χ2v) is 5.52. The molecule has 0 aliphatic carbocycles. The highest BCUT2D eigenvalue weighted by Gasteiger charge is 2.71. The van der Waals surface area contributed by atoms with E-state index in [9.17, 15) is 0 Å². The van der Waals surface area contributed by atoms with E-state index in [0.717, 1.165) is 4.90 Å². The summed E-state index contributed by atoms with van der Waals surface area (Å²) in [5, 5.41) is 0. The first-order valence-corrected chi connectivity index (χ1v) is 7.41. The predicted molar refractivity (Wildman–Crippen MR) is 82.3 cm³/mol. The van der Waals surface area contributed by atoms with Crippen LogP contribution < -0.4 is 9.64 Å². The average Bonchev–Trinajstić information content (AvgIpc) is 2.73. The lowest BCUT2D eigenvalue weighted by atomic mass is 10.1. The molecule has 2 heterocycles. The molecule has 5 heteroatoms. The van der Waals surface area contributed by atoms with Gasteiger partial charge in [-0.1, -0.05) is 42.5 Å². The van der Waals surface area contributed by atoms with Crippen molar-refractivity contribution in [3.63, 3.8) is 0 Å². The summed E-state index contributed by atoms with van der Waals surface area (Å²) in [5.74, 6) is -1.71. The zero-order valence-electron chi connectivity index (χ0n) is 12.4. The Morgan fingerprint density at radius 3 is 2.48 bits per heavy atom. The minimum absolute atomic E-state index is 0.384. The summed E-state index contributed by atoms with van der Waals surface area (Å²) in [6.45, 7) is 1.66. The SMILES string of the molecule is C/C=C/C12Oc3ccccc3C(O1)N(c1ccccc1)C2(F)F. The molecule has 0 saturated carbocycles. The van der Waals surface area contributed by atoms with Gasteiger partial charge in [-0.15, -0.1) is 0 Å². The summed E-state index contributed by atoms with van der Waals surface area (Å²) in [6.07, 6.45) is 1.89. The molecular weight excluding hydrogens is 300 g/mol. The van der Waals surface area contributed by atoms with Crippen molar-refractivity contribution < 1.29 is 18.3 Å². The number of hydrogen-bond donors (Lipinski definition) is 0. The number of hydrogen-bond acceptors (Lipinski definition) is 3. The van der Waals surface area contributed by atoms with Gasteiger partial charge in [0.1, 0.15) is 5.75 Å². The Morgan fingerprint density at radius 1 is 1.04 bits per heavy atom. The van der Waals surface area contributed by atoms with Crippen molar-refractivity contribution >= 4 is 5.69 Å². The second-order valence-electron chi connectivity index (χ2n) is 5.52. The molecular formula is C18H15F2NO2. The smallest absolute Gasteiger partial charge is 0.396 e. The lowest BCUT2D eigenvalue weighted by Crippen LogP contribution is -2.54. The van der Waals surface area contributed by atoms with Crippen LogP contribution in [0.2, 0.25) is 0 Å². The summed E-state index contributed by atoms with van der Waals surface area (Å²) in [7, 11) is 0. The van der Waals surface area contributed by atoms with E-state index in [1.54, 1.807) is 61.5 Å². The van der Waals surface area contributed by atoms with Gasteiger partial charge < -0.3 is 9.47 Å². The van der Waals surface area contributed by atoms with Crippen molar-refractivity contribution in [1.82, 2.24) is 0 Å². The molecule has 2 aliphatic rings. The van der Waals surface area contributed by atoms with E-state index in [0.29, 0.717) is 17.0 Å². The van der Waals surface area contributed by atoms with Gasteiger partial charge in [-0.25, -0.2) is 0 Å². The number of anilines is 1. The summed E-state index contributed by atoms with van der Waals surface area (Å²) in [5.41, 5.74) is 0.975. The molecule has 2 aliphatic heterocycles. The summed E-state index contributed by atoms with van der Waals surface area (Å²) < 4.78 is 41.9. The monoisotopic (exact) mass is 315 g/mol. The van der Waals surface area contributed by atoms with Gasteiger partial charge in [-0.2, -0.15) is 8.78 Å². The molecule has 2 bridgehead atoms. The molecule has 4 rings (SSSR count). The van der Waals surface area contributed by atoms with Crippen molar-refractivity contribution in [3.8, 4) is 5.75 Å². The molecule has 1 fully saturated rings. The van der Waals surface area contributed by atoms with Crippen LogP contribution in [-0.4, -0.2) is 11.8 Å². The van der Waals surface area contributed by atoms with E-state index >= 15 is 8.78 Å². The Morgan fingerprint density at radius 2 is 1.74 bits per heavy atom. The zero-order valence-corrected chi connectivity index (χ0v) is 12.4. The minimum Gasteiger partial charge on any atom is -0.450 e. The van der Waals surface area contributed by atoms with E-state index < -0.39 is 18.1 Å². The fourth-order valence-corrected chi connectivity index (χ4v) is 3.11. The number of rotatable bonds is 2. The molecule has 2 unspecified atom stereocenters. The van der Waals surface area contributed by atoms with Gasteiger partial charge in [-0.05, 0) is 31.2 Å². The van der Waals surface area contributed by atoms with Crippen molar-refractivity contribution in [2.24, 2.45) is 0 Å². The fourth-order valence-electron chi connectivity index (χ4n) is 3.11. The fraction of sp³-hybridized carbons (Fsp3) is 0.222. The van der Waals surface area contributed by atoms with Crippen molar-refractivity contribution in [1.29, 1.82) is 0 Å². The molecule has 23 heavy (non-hydrogen) atoms. The van der Waals surface area contributed by atoms with Crippen LogP contribution in [0.3, 0.4) is 0 Å². The molecule has 0 amide bonds. The quantitative estimate of drug-likeness (QED) is 0.602. The van der Waals surface area contributed by atoms with E-state index in [2.05, 4.69) is 0 Å². The van der Waals surface area contributed by atoms with Crippen LogP contribution in [-0.2, 0) is 4.74 Å². The van der Waals surface area contributed by atoms with Crippen molar-refractivity contribution in [2.75, 3.05) is 4.90 Å². The Bertz CT molecular complexity index is 763. The summed E-state index contributed by atoms with van der Waals surface area (Å²) >= 11 is 0. The third-order valence-corrected chi connectivity index (χ3v) is 4.11. The maximum Gasteiger partial charge on any atom is 0.396 e. The Balaban J connectivity index is 1.94. The Kier molecular flexibility index (Phi) is 2.96. The molecule has 118 valence electrons. The normalized spacial score (nSPS) is 27.8. The Labute approximate surface area is 132 Å². The van der Waals surface area contributed by atoms with Gasteiger partial charge in [0.2, 0.25) is 0 Å². The van der Waals surface area contributed by atoms with Crippen LogP contribution in [0.15, 0.2) is 66.7 Å². The van der Waals surface area contributed by atoms with Crippen LogP contribution in [0.1, 0.15) is 18.7 Å². The number of para-hydroxylation sites is 2. The van der Waals surface area contributed by atoms with Crippen LogP contribution in [0.25, 0.3) is 0 Å².